The van der Waals surface area contributed by atoms with Crippen molar-refractivity contribution in [3.8, 4) is 11.5 Å². The van der Waals surface area contributed by atoms with Crippen molar-refractivity contribution < 1.29 is 4.74 Å². The molecule has 8 rings (SSSR count). The molecule has 0 atom stereocenters. The monoisotopic (exact) mass is 448 g/mol. The highest BCUT2D eigenvalue weighted by atomic mass is 16.5. The Kier molecular flexibility index (Phi) is 4.15. The van der Waals surface area contributed by atoms with Crippen LogP contribution in [-0.2, 0) is 25.7 Å². The summed E-state index contributed by atoms with van der Waals surface area (Å²) in [5.74, 6) is 2.64. The lowest BCUT2D eigenvalue weighted by molar-refractivity contribution is 0.432. The van der Waals surface area contributed by atoms with E-state index in [0.29, 0.717) is 0 Å². The smallest absolute Gasteiger partial charge is 0.136 e. The molecule has 0 saturated carbocycles. The van der Waals surface area contributed by atoms with E-state index in [1.54, 1.807) is 11.1 Å². The van der Waals surface area contributed by atoms with Gasteiger partial charge in [-0.3, -0.25) is 0 Å². The second-order valence-electron chi connectivity index (χ2n) is 10.9. The highest BCUT2D eigenvalue weighted by Gasteiger charge is 2.39. The van der Waals surface area contributed by atoms with Crippen LogP contribution >= 0.6 is 0 Å². The van der Waals surface area contributed by atoms with Gasteiger partial charge in [-0.25, -0.2) is 0 Å². The summed E-state index contributed by atoms with van der Waals surface area (Å²) < 4.78 is 7.12. The van der Waals surface area contributed by atoms with Crippen molar-refractivity contribution in [1.29, 1.82) is 0 Å². The van der Waals surface area contributed by atoms with E-state index in [9.17, 15) is 0 Å². The van der Waals surface area contributed by atoms with Crippen LogP contribution in [0, 0.1) is 0 Å². The highest BCUT2D eigenvalue weighted by Crippen LogP contribution is 2.56. The normalized spacial score (nSPS) is 20.1. The maximum absolute atomic E-state index is 7.12. The van der Waals surface area contributed by atoms with Gasteiger partial charge in [0.25, 0.3) is 0 Å². The van der Waals surface area contributed by atoms with Crippen molar-refractivity contribution in [2.45, 2.75) is 57.3 Å². The van der Waals surface area contributed by atoms with Gasteiger partial charge in [0.1, 0.15) is 11.5 Å². The van der Waals surface area contributed by atoms with E-state index in [0.717, 1.165) is 12.8 Å². The summed E-state index contributed by atoms with van der Waals surface area (Å²) in [6.07, 6.45) is 9.70. The van der Waals surface area contributed by atoms with Crippen molar-refractivity contribution in [1.82, 2.24) is 0 Å². The second-order valence-corrected chi connectivity index (χ2v) is 10.9. The summed E-state index contributed by atoms with van der Waals surface area (Å²) >= 11 is 0. The third-order valence-electron chi connectivity index (χ3n) is 8.96. The number of aryl methyl sites for hydroxylation is 2. The molecule has 3 aromatic carbocycles. The Hall–Kier alpha value is -2.94. The number of fused-ring (bicyclic) bond motifs is 4. The van der Waals surface area contributed by atoms with Gasteiger partial charge >= 0.3 is 0 Å². The lowest BCUT2D eigenvalue weighted by Gasteiger charge is -2.43. The molecule has 34 heavy (non-hydrogen) atoms. The van der Waals surface area contributed by atoms with Crippen LogP contribution in [0.3, 0.4) is 0 Å². The van der Waals surface area contributed by atoms with Crippen LogP contribution in [0.4, 0.5) is 11.4 Å². The molecule has 3 nitrogen and oxygen atoms in total. The van der Waals surface area contributed by atoms with E-state index in [1.165, 1.54) is 115 Å². The van der Waals surface area contributed by atoms with E-state index in [4.69, 9.17) is 4.74 Å². The topological polar surface area (TPSA) is 15.7 Å². The molecular formula is C31H32N2O. The Morgan fingerprint density at radius 3 is 1.65 bits per heavy atom. The lowest BCUT2D eigenvalue weighted by atomic mass is 9.76. The molecule has 0 aromatic heterocycles. The van der Waals surface area contributed by atoms with Crippen LogP contribution < -0.4 is 14.5 Å². The Morgan fingerprint density at radius 1 is 0.618 bits per heavy atom. The first kappa shape index (κ1) is 19.4. The number of nitrogens with zero attached hydrogens (tertiary/aromatic N) is 2. The molecule has 5 aliphatic heterocycles. The third kappa shape index (κ3) is 2.64. The van der Waals surface area contributed by atoms with Gasteiger partial charge in [0.2, 0.25) is 0 Å². The standard InChI is InChI=1S/C31H32N2O/c1-2-8-20(9-3-1)27-25-18-21-10-4-14-32-16-6-12-23(28(21)32)30(25)34-31-24-13-7-17-33-15-5-11-22(29(24)33)19-26(27)31/h1-3,8-9,18-19,27H,4-7,10-17H2. The minimum atomic E-state index is 0.262. The van der Waals surface area contributed by atoms with Gasteiger partial charge in [-0.1, -0.05) is 30.3 Å². The molecule has 0 fully saturated rings. The van der Waals surface area contributed by atoms with Crippen LogP contribution in [0.2, 0.25) is 0 Å². The summed E-state index contributed by atoms with van der Waals surface area (Å²) in [6.45, 7) is 4.80. The fourth-order valence-corrected chi connectivity index (χ4v) is 7.66. The maximum atomic E-state index is 7.12. The summed E-state index contributed by atoms with van der Waals surface area (Å²) in [7, 11) is 0. The molecule has 0 aliphatic carbocycles. The van der Waals surface area contributed by atoms with Gasteiger partial charge in [-0.15, -0.1) is 0 Å². The van der Waals surface area contributed by atoms with E-state index in [2.05, 4.69) is 52.3 Å². The van der Waals surface area contributed by atoms with Crippen LogP contribution in [0.25, 0.3) is 0 Å². The third-order valence-corrected chi connectivity index (χ3v) is 8.96. The van der Waals surface area contributed by atoms with Crippen molar-refractivity contribution in [3.05, 3.63) is 81.4 Å². The summed E-state index contributed by atoms with van der Waals surface area (Å²) in [6, 6.07) is 16.3. The molecule has 0 spiro atoms. The molecule has 3 aromatic rings. The number of ether oxygens (including phenoxy) is 1. The van der Waals surface area contributed by atoms with Gasteiger partial charge in [-0.05, 0) is 80.2 Å². The molecule has 5 heterocycles. The molecule has 172 valence electrons. The average molecular weight is 449 g/mol. The molecule has 3 heteroatoms. The molecule has 0 saturated heterocycles. The van der Waals surface area contributed by atoms with Gasteiger partial charge in [0.15, 0.2) is 0 Å². The minimum absolute atomic E-state index is 0.262. The zero-order chi connectivity index (χ0) is 22.2. The van der Waals surface area contributed by atoms with E-state index in [1.807, 2.05) is 0 Å². The summed E-state index contributed by atoms with van der Waals surface area (Å²) in [5, 5.41) is 0. The number of hydrogen-bond acceptors (Lipinski definition) is 3. The van der Waals surface area contributed by atoms with E-state index >= 15 is 0 Å². The fraction of sp³-hybridized carbons (Fsp3) is 0.419. The van der Waals surface area contributed by atoms with Gasteiger partial charge in [0, 0.05) is 65.7 Å². The molecule has 0 bridgehead atoms. The Labute approximate surface area is 202 Å². The molecule has 0 unspecified atom stereocenters. The molecule has 0 amide bonds. The molecule has 5 aliphatic rings. The van der Waals surface area contributed by atoms with E-state index in [-0.39, 0.29) is 5.92 Å². The number of benzene rings is 3. The minimum Gasteiger partial charge on any atom is -0.456 e. The highest BCUT2D eigenvalue weighted by molar-refractivity contribution is 5.77. The van der Waals surface area contributed by atoms with Gasteiger partial charge in [-0.2, -0.15) is 0 Å². The van der Waals surface area contributed by atoms with Crippen LogP contribution in [0.15, 0.2) is 42.5 Å². The molecule has 0 radical (unpaired) electrons. The number of rotatable bonds is 1. The van der Waals surface area contributed by atoms with E-state index < -0.39 is 0 Å². The zero-order valence-corrected chi connectivity index (χ0v) is 19.9. The predicted molar refractivity (Wildman–Crippen MR) is 138 cm³/mol. The quantitative estimate of drug-likeness (QED) is 0.336. The van der Waals surface area contributed by atoms with Crippen LogP contribution in [-0.4, -0.2) is 26.2 Å². The maximum Gasteiger partial charge on any atom is 0.136 e. The van der Waals surface area contributed by atoms with Gasteiger partial charge in [0.05, 0.1) is 0 Å². The Bertz CT molecular complexity index is 1230. The van der Waals surface area contributed by atoms with Crippen molar-refractivity contribution in [2.75, 3.05) is 36.0 Å². The molecular weight excluding hydrogens is 416 g/mol. The fourth-order valence-electron chi connectivity index (χ4n) is 7.66. The number of hydrogen-bond donors (Lipinski definition) is 0. The van der Waals surface area contributed by atoms with Crippen molar-refractivity contribution >= 4 is 11.4 Å². The van der Waals surface area contributed by atoms with Crippen LogP contribution in [0.5, 0.6) is 11.5 Å². The number of anilines is 2. The summed E-state index contributed by atoms with van der Waals surface area (Å²) in [5.41, 5.74) is 13.3. The Morgan fingerprint density at radius 2 is 1.12 bits per heavy atom. The predicted octanol–water partition coefficient (Wildman–Crippen LogP) is 6.37. The second kappa shape index (κ2) is 7.28. The SMILES string of the molecule is c1ccc(C2c3cc4c5c(c3Oc3c2cc2c6c3CCCN6CCC2)CCCN5CCC4)cc1. The molecule has 0 N–H and O–H groups in total. The van der Waals surface area contributed by atoms with Crippen molar-refractivity contribution in [3.63, 3.8) is 0 Å². The van der Waals surface area contributed by atoms with Crippen LogP contribution in [0.1, 0.15) is 70.5 Å². The first-order valence-corrected chi connectivity index (χ1v) is 13.5. The first-order chi connectivity index (χ1) is 16.9. The first-order valence-electron chi connectivity index (χ1n) is 13.5. The largest absolute Gasteiger partial charge is 0.456 e. The van der Waals surface area contributed by atoms with Crippen molar-refractivity contribution in [2.24, 2.45) is 0 Å². The Balaban J connectivity index is 1.42. The van der Waals surface area contributed by atoms with Gasteiger partial charge < -0.3 is 14.5 Å². The summed E-state index contributed by atoms with van der Waals surface area (Å²) in [4.78, 5) is 5.29. The average Bonchev–Trinajstić information content (AvgIpc) is 2.89. The lowest BCUT2D eigenvalue weighted by Crippen LogP contribution is -2.36. The zero-order valence-electron chi connectivity index (χ0n) is 19.9.